The van der Waals surface area contributed by atoms with Crippen molar-refractivity contribution < 1.29 is 13.5 Å². The van der Waals surface area contributed by atoms with Crippen LogP contribution in [0.5, 0.6) is 0 Å². The topological polar surface area (TPSA) is 12.5 Å². The summed E-state index contributed by atoms with van der Waals surface area (Å²) in [6.45, 7) is 2.63. The number of epoxide rings is 1. The minimum absolute atomic E-state index is 0.00451. The Labute approximate surface area is 105 Å². The monoisotopic (exact) mass is 250 g/mol. The molecule has 96 valence electrons. The minimum Gasteiger partial charge on any atom is -0.368 e. The van der Waals surface area contributed by atoms with Gasteiger partial charge in [0, 0.05) is 11.5 Å². The lowest BCUT2D eigenvalue weighted by atomic mass is 9.84. The Bertz CT molecular complexity index is 492. The summed E-state index contributed by atoms with van der Waals surface area (Å²) in [5, 5.41) is 0. The van der Waals surface area contributed by atoms with Crippen LogP contribution < -0.4 is 0 Å². The van der Waals surface area contributed by atoms with Crippen LogP contribution in [0.4, 0.5) is 8.78 Å². The van der Waals surface area contributed by atoms with Crippen LogP contribution in [-0.2, 0) is 4.74 Å². The predicted octanol–water partition coefficient (Wildman–Crippen LogP) is 4.11. The molecule has 1 heterocycles. The van der Waals surface area contributed by atoms with Gasteiger partial charge in [-0.05, 0) is 24.3 Å². The second kappa shape index (κ2) is 4.47. The number of benzene rings is 1. The van der Waals surface area contributed by atoms with Gasteiger partial charge in [0.2, 0.25) is 0 Å². The highest BCUT2D eigenvalue weighted by molar-refractivity contribution is 5.34. The predicted molar refractivity (Wildman–Crippen MR) is 65.3 cm³/mol. The van der Waals surface area contributed by atoms with Crippen LogP contribution in [0.1, 0.15) is 42.9 Å². The fraction of sp³-hybridized carbons (Fsp3) is 0.467. The van der Waals surface area contributed by atoms with Crippen molar-refractivity contribution in [3.05, 3.63) is 47.0 Å². The molecule has 3 atom stereocenters. The van der Waals surface area contributed by atoms with Crippen LogP contribution in [0.2, 0.25) is 0 Å². The molecule has 0 spiro atoms. The summed E-state index contributed by atoms with van der Waals surface area (Å²) < 4.78 is 33.0. The Morgan fingerprint density at radius 1 is 1.06 bits per heavy atom. The molecule has 3 unspecified atom stereocenters. The number of hydrogen-bond donors (Lipinski definition) is 0. The van der Waals surface area contributed by atoms with E-state index in [0.717, 1.165) is 12.8 Å². The molecule has 0 N–H and O–H groups in total. The normalized spacial score (nSPS) is 30.5. The number of hydrogen-bond acceptors (Lipinski definition) is 1. The lowest BCUT2D eigenvalue weighted by Crippen LogP contribution is -2.08. The van der Waals surface area contributed by atoms with Gasteiger partial charge in [-0.1, -0.05) is 31.2 Å². The minimum atomic E-state index is -0.734. The molecule has 0 saturated carbocycles. The molecular weight excluding hydrogens is 234 g/mol. The second-order valence-corrected chi connectivity index (χ2v) is 5.24. The lowest BCUT2D eigenvalue weighted by Gasteiger charge is -2.21. The van der Waals surface area contributed by atoms with Crippen molar-refractivity contribution in [1.29, 1.82) is 0 Å². The van der Waals surface area contributed by atoms with E-state index in [2.05, 4.69) is 13.0 Å². The van der Waals surface area contributed by atoms with Gasteiger partial charge in [-0.15, -0.1) is 0 Å². The summed E-state index contributed by atoms with van der Waals surface area (Å²) >= 11 is 0. The first-order chi connectivity index (χ1) is 8.66. The first-order valence-electron chi connectivity index (χ1n) is 6.44. The van der Waals surface area contributed by atoms with Crippen molar-refractivity contribution in [2.75, 3.05) is 6.61 Å². The molecule has 3 rings (SSSR count). The van der Waals surface area contributed by atoms with Gasteiger partial charge in [-0.2, -0.15) is 0 Å². The number of halogens is 2. The molecule has 1 saturated heterocycles. The molecule has 0 amide bonds. The summed E-state index contributed by atoms with van der Waals surface area (Å²) in [5.74, 6) is -0.896. The maximum atomic E-state index is 14.1. The molecule has 3 heteroatoms. The van der Waals surface area contributed by atoms with Crippen LogP contribution in [0.3, 0.4) is 0 Å². The first-order valence-corrected chi connectivity index (χ1v) is 6.44. The molecule has 0 aromatic heterocycles. The average Bonchev–Trinajstić information content (AvgIpc) is 3.18. The third-order valence-corrected chi connectivity index (χ3v) is 3.83. The Morgan fingerprint density at radius 2 is 1.72 bits per heavy atom. The quantitative estimate of drug-likeness (QED) is 0.568. The highest BCUT2D eigenvalue weighted by Gasteiger charge is 2.31. The molecule has 0 bridgehead atoms. The van der Waals surface area contributed by atoms with Crippen molar-refractivity contribution >= 4 is 0 Å². The number of rotatable bonds is 2. The first kappa shape index (κ1) is 11.8. The maximum absolute atomic E-state index is 14.1. The van der Waals surface area contributed by atoms with Crippen LogP contribution in [0, 0.1) is 17.6 Å². The summed E-state index contributed by atoms with van der Waals surface area (Å²) in [6.07, 6.45) is 5.75. The Kier molecular flexibility index (Phi) is 2.94. The van der Waals surface area contributed by atoms with Gasteiger partial charge in [-0.3, -0.25) is 0 Å². The van der Waals surface area contributed by atoms with Gasteiger partial charge >= 0.3 is 0 Å². The fourth-order valence-corrected chi connectivity index (χ4v) is 2.56. The van der Waals surface area contributed by atoms with Crippen molar-refractivity contribution in [2.45, 2.75) is 31.8 Å². The van der Waals surface area contributed by atoms with Gasteiger partial charge in [0.1, 0.15) is 6.10 Å². The molecule has 1 aromatic carbocycles. The van der Waals surface area contributed by atoms with Crippen molar-refractivity contribution in [3.63, 3.8) is 0 Å². The lowest BCUT2D eigenvalue weighted by molar-refractivity contribution is 0.399. The van der Waals surface area contributed by atoms with Gasteiger partial charge in [0.05, 0.1) is 6.61 Å². The highest BCUT2D eigenvalue weighted by Crippen LogP contribution is 2.37. The van der Waals surface area contributed by atoms with E-state index in [0.29, 0.717) is 23.7 Å². The molecule has 1 fully saturated rings. The average molecular weight is 250 g/mol. The van der Waals surface area contributed by atoms with Crippen LogP contribution in [0.15, 0.2) is 24.3 Å². The summed E-state index contributed by atoms with van der Waals surface area (Å²) in [7, 11) is 0. The zero-order valence-corrected chi connectivity index (χ0v) is 10.3. The SMILES string of the molecule is CC1C=CC(c2ccc(C3CO3)c(F)c2F)CC1. The van der Waals surface area contributed by atoms with Crippen LogP contribution >= 0.6 is 0 Å². The largest absolute Gasteiger partial charge is 0.368 e. The molecule has 1 aliphatic heterocycles. The van der Waals surface area contributed by atoms with E-state index in [1.54, 1.807) is 12.1 Å². The zero-order valence-electron chi connectivity index (χ0n) is 10.3. The Balaban J connectivity index is 1.93. The molecule has 1 aliphatic carbocycles. The zero-order chi connectivity index (χ0) is 12.7. The van der Waals surface area contributed by atoms with E-state index in [9.17, 15) is 8.78 Å². The standard InChI is InChI=1S/C15H16F2O/c1-9-2-4-10(5-3-9)11-6-7-12(13-8-18-13)15(17)14(11)16/h2,4,6-7,9-10,13H,3,5,8H2,1H3. The second-order valence-electron chi connectivity index (χ2n) is 5.24. The van der Waals surface area contributed by atoms with E-state index in [-0.39, 0.29) is 12.0 Å². The van der Waals surface area contributed by atoms with Gasteiger partial charge in [0.25, 0.3) is 0 Å². The van der Waals surface area contributed by atoms with Crippen molar-refractivity contribution in [1.82, 2.24) is 0 Å². The summed E-state index contributed by atoms with van der Waals surface area (Å²) in [5.41, 5.74) is 0.824. The molecular formula is C15H16F2O. The fourth-order valence-electron chi connectivity index (χ4n) is 2.56. The van der Waals surface area contributed by atoms with Crippen LogP contribution in [-0.4, -0.2) is 6.61 Å². The third-order valence-electron chi connectivity index (χ3n) is 3.83. The van der Waals surface area contributed by atoms with Gasteiger partial charge in [0.15, 0.2) is 11.6 Å². The van der Waals surface area contributed by atoms with E-state index in [1.165, 1.54) is 0 Å². The third kappa shape index (κ3) is 2.07. The van der Waals surface area contributed by atoms with Gasteiger partial charge < -0.3 is 4.74 Å². The maximum Gasteiger partial charge on any atom is 0.165 e. The molecule has 18 heavy (non-hydrogen) atoms. The summed E-state index contributed by atoms with van der Waals surface area (Å²) in [6, 6.07) is 3.37. The highest BCUT2D eigenvalue weighted by atomic mass is 19.2. The molecule has 1 nitrogen and oxygen atoms in total. The van der Waals surface area contributed by atoms with Crippen molar-refractivity contribution in [3.8, 4) is 0 Å². The van der Waals surface area contributed by atoms with E-state index in [4.69, 9.17) is 4.74 Å². The van der Waals surface area contributed by atoms with Crippen LogP contribution in [0.25, 0.3) is 0 Å². The van der Waals surface area contributed by atoms with E-state index in [1.807, 2.05) is 6.08 Å². The molecule has 1 aromatic rings. The molecule has 2 aliphatic rings. The van der Waals surface area contributed by atoms with E-state index >= 15 is 0 Å². The Hall–Kier alpha value is -1.22. The number of allylic oxidation sites excluding steroid dienone is 2. The smallest absolute Gasteiger partial charge is 0.165 e. The van der Waals surface area contributed by atoms with Crippen molar-refractivity contribution in [2.24, 2.45) is 5.92 Å². The Morgan fingerprint density at radius 3 is 2.33 bits per heavy atom. The van der Waals surface area contributed by atoms with Gasteiger partial charge in [-0.25, -0.2) is 8.78 Å². The number of ether oxygens (including phenoxy) is 1. The molecule has 0 radical (unpaired) electrons. The van der Waals surface area contributed by atoms with E-state index < -0.39 is 11.6 Å². The summed E-state index contributed by atoms with van der Waals surface area (Å²) in [4.78, 5) is 0.